The molecule has 0 saturated carbocycles. The molecule has 1 aromatic heterocycles. The second-order valence-corrected chi connectivity index (χ2v) is 9.02. The summed E-state index contributed by atoms with van der Waals surface area (Å²) in [6.45, 7) is 1.80. The third-order valence-corrected chi connectivity index (χ3v) is 6.80. The van der Waals surface area contributed by atoms with Crippen LogP contribution in [0.4, 0.5) is 5.69 Å². The summed E-state index contributed by atoms with van der Waals surface area (Å²) < 4.78 is 27.1. The molecule has 0 radical (unpaired) electrons. The van der Waals surface area contributed by atoms with Gasteiger partial charge in [-0.15, -0.1) is 0 Å². The summed E-state index contributed by atoms with van der Waals surface area (Å²) in [5.74, 6) is -0.259. The Morgan fingerprint density at radius 1 is 1.18 bits per heavy atom. The minimum Gasteiger partial charge on any atom is -0.333 e. The molecular weight excluding hydrogens is 400 g/mol. The van der Waals surface area contributed by atoms with Gasteiger partial charge < -0.3 is 10.6 Å². The number of amides is 1. The number of hydrogen-bond acceptors (Lipinski definition) is 4. The van der Waals surface area contributed by atoms with Crippen LogP contribution in [0.2, 0.25) is 5.02 Å². The molecule has 2 aromatic rings. The van der Waals surface area contributed by atoms with E-state index in [4.69, 9.17) is 11.6 Å². The first-order chi connectivity index (χ1) is 13.5. The summed E-state index contributed by atoms with van der Waals surface area (Å²) in [6, 6.07) is 10.0. The second kappa shape index (κ2) is 9.47. The molecule has 0 unspecified atom stereocenters. The van der Waals surface area contributed by atoms with Gasteiger partial charge in [-0.25, -0.2) is 8.42 Å². The summed E-state index contributed by atoms with van der Waals surface area (Å²) in [4.78, 5) is 16.6. The number of nitrogens with zero attached hydrogens (tertiary/aromatic N) is 2. The molecule has 9 heteroatoms. The van der Waals surface area contributed by atoms with Gasteiger partial charge in [0, 0.05) is 19.3 Å². The molecule has 7 nitrogen and oxygen atoms in total. The van der Waals surface area contributed by atoms with Crippen LogP contribution in [-0.2, 0) is 21.4 Å². The van der Waals surface area contributed by atoms with E-state index < -0.39 is 10.0 Å². The minimum atomic E-state index is -3.58. The minimum absolute atomic E-state index is 0.145. The highest BCUT2D eigenvalue weighted by atomic mass is 35.5. The van der Waals surface area contributed by atoms with Crippen molar-refractivity contribution in [1.29, 1.82) is 0 Å². The Balaban J connectivity index is 1.63. The van der Waals surface area contributed by atoms with Crippen molar-refractivity contribution < 1.29 is 18.5 Å². The fraction of sp³-hybridized carbons (Fsp3) is 0.368. The monoisotopic (exact) mass is 423 g/mol. The van der Waals surface area contributed by atoms with Crippen molar-refractivity contribution in [3.8, 4) is 0 Å². The fourth-order valence-corrected chi connectivity index (χ4v) is 4.79. The van der Waals surface area contributed by atoms with E-state index in [0.717, 1.165) is 25.0 Å². The third kappa shape index (κ3) is 5.29. The molecule has 1 aliphatic rings. The molecule has 1 amide bonds. The number of sulfonamides is 1. The maximum atomic E-state index is 12.8. The van der Waals surface area contributed by atoms with Gasteiger partial charge in [-0.05, 0) is 43.2 Å². The van der Waals surface area contributed by atoms with Gasteiger partial charge in [-0.2, -0.15) is 4.31 Å². The van der Waals surface area contributed by atoms with Crippen LogP contribution < -0.4 is 10.6 Å². The van der Waals surface area contributed by atoms with Crippen molar-refractivity contribution in [3.63, 3.8) is 0 Å². The highest BCUT2D eigenvalue weighted by Gasteiger charge is 2.26. The Kier molecular flexibility index (Phi) is 7.01. The van der Waals surface area contributed by atoms with Crippen molar-refractivity contribution in [2.75, 3.05) is 25.0 Å². The number of hydrogen-bond donors (Lipinski definition) is 2. The number of pyridine rings is 1. The number of nitrogens with one attached hydrogen (secondary N) is 1. The topological polar surface area (TPSA) is 96.0 Å². The molecule has 3 N–H and O–H groups in total. The number of nitrogens with two attached hydrogens (primary N) is 1. The summed E-state index contributed by atoms with van der Waals surface area (Å²) >= 11 is 6.16. The van der Waals surface area contributed by atoms with Crippen molar-refractivity contribution in [2.24, 2.45) is 0 Å². The molecule has 150 valence electrons. The quantitative estimate of drug-likeness (QED) is 0.707. The molecule has 0 spiro atoms. The number of benzene rings is 1. The highest BCUT2D eigenvalue weighted by molar-refractivity contribution is 7.89. The zero-order valence-electron chi connectivity index (χ0n) is 15.5. The average molecular weight is 424 g/mol. The lowest BCUT2D eigenvalue weighted by Gasteiger charge is -2.26. The van der Waals surface area contributed by atoms with E-state index in [2.05, 4.69) is 10.3 Å². The second-order valence-electron chi connectivity index (χ2n) is 6.67. The van der Waals surface area contributed by atoms with E-state index >= 15 is 0 Å². The Hall–Kier alpha value is -2.00. The molecule has 28 heavy (non-hydrogen) atoms. The highest BCUT2D eigenvalue weighted by Crippen LogP contribution is 2.28. The van der Waals surface area contributed by atoms with E-state index in [-0.39, 0.29) is 17.3 Å². The van der Waals surface area contributed by atoms with Crippen LogP contribution in [0.25, 0.3) is 0 Å². The summed E-state index contributed by atoms with van der Waals surface area (Å²) in [5, 5.41) is 4.83. The Bertz CT molecular complexity index is 916. The van der Waals surface area contributed by atoms with Crippen molar-refractivity contribution in [1.82, 2.24) is 9.29 Å². The van der Waals surface area contributed by atoms with Gasteiger partial charge in [0.25, 0.3) is 5.91 Å². The zero-order valence-corrected chi connectivity index (χ0v) is 17.0. The molecule has 0 atom stereocenters. The lowest BCUT2D eigenvalue weighted by molar-refractivity contribution is -0.660. The summed E-state index contributed by atoms with van der Waals surface area (Å²) in [5.41, 5.74) is 1.18. The predicted molar refractivity (Wildman–Crippen MR) is 107 cm³/mol. The number of aromatic nitrogens is 1. The van der Waals surface area contributed by atoms with Gasteiger partial charge in [0.1, 0.15) is 6.54 Å². The Morgan fingerprint density at radius 2 is 1.96 bits per heavy atom. The van der Waals surface area contributed by atoms with Gasteiger partial charge >= 0.3 is 0 Å². The Labute approximate surface area is 170 Å². The van der Waals surface area contributed by atoms with Crippen molar-refractivity contribution in [3.05, 3.63) is 53.3 Å². The van der Waals surface area contributed by atoms with E-state index in [9.17, 15) is 13.2 Å². The molecular formula is C19H24ClN4O3S+. The number of piperidine rings is 1. The van der Waals surface area contributed by atoms with E-state index in [0.29, 0.717) is 30.3 Å². The van der Waals surface area contributed by atoms with Gasteiger partial charge in [0.2, 0.25) is 10.0 Å². The van der Waals surface area contributed by atoms with Crippen LogP contribution in [0.5, 0.6) is 0 Å². The van der Waals surface area contributed by atoms with E-state index in [1.807, 2.05) is 23.5 Å². The number of rotatable bonds is 7. The molecule has 0 bridgehead atoms. The predicted octanol–water partition coefficient (Wildman–Crippen LogP) is 1.61. The fourth-order valence-electron chi connectivity index (χ4n) is 3.09. The number of carbonyl (C=O) groups is 1. The van der Waals surface area contributed by atoms with Crippen molar-refractivity contribution in [2.45, 2.75) is 30.7 Å². The zero-order chi connectivity index (χ0) is 20.0. The molecule has 1 fully saturated rings. The first-order valence-corrected chi connectivity index (χ1v) is 11.1. The van der Waals surface area contributed by atoms with Gasteiger partial charge in [-0.1, -0.05) is 24.1 Å². The molecule has 1 aliphatic heterocycles. The molecule has 1 saturated heterocycles. The number of halogens is 1. The number of carbonyl (C=O) groups excluding carboxylic acids is 1. The molecule has 0 aliphatic carbocycles. The summed E-state index contributed by atoms with van der Waals surface area (Å²) in [6.07, 6.45) is 4.48. The van der Waals surface area contributed by atoms with Gasteiger partial charge in [-0.3, -0.25) is 9.78 Å². The van der Waals surface area contributed by atoms with E-state index in [1.54, 1.807) is 6.20 Å². The Morgan fingerprint density at radius 3 is 2.68 bits per heavy atom. The molecule has 1 aromatic carbocycles. The normalized spacial score (nSPS) is 15.3. The van der Waals surface area contributed by atoms with E-state index in [1.165, 1.54) is 22.5 Å². The van der Waals surface area contributed by atoms with Crippen LogP contribution in [0, 0.1) is 0 Å². The number of quaternary nitrogens is 1. The lowest BCUT2D eigenvalue weighted by atomic mass is 10.2. The third-order valence-electron chi connectivity index (χ3n) is 4.57. The molecule has 3 rings (SSSR count). The first kappa shape index (κ1) is 20.7. The maximum Gasteiger partial charge on any atom is 0.279 e. The van der Waals surface area contributed by atoms with Crippen LogP contribution in [-0.4, -0.2) is 43.2 Å². The first-order valence-electron chi connectivity index (χ1n) is 9.28. The van der Waals surface area contributed by atoms with Crippen LogP contribution >= 0.6 is 11.6 Å². The number of anilines is 1. The van der Waals surface area contributed by atoms with Crippen LogP contribution in [0.15, 0.2) is 47.5 Å². The SMILES string of the molecule is O=C(C[NH2+]Cc1ccccn1)Nc1cc(S(=O)(=O)N2CCCCC2)ccc1Cl. The largest absolute Gasteiger partial charge is 0.333 e. The molecule has 2 heterocycles. The smallest absolute Gasteiger partial charge is 0.279 e. The van der Waals surface area contributed by atoms with Gasteiger partial charge in [0.15, 0.2) is 6.54 Å². The maximum absolute atomic E-state index is 12.8. The van der Waals surface area contributed by atoms with Gasteiger partial charge in [0.05, 0.1) is 21.3 Å². The summed E-state index contributed by atoms with van der Waals surface area (Å²) in [7, 11) is -3.58. The standard InChI is InChI=1S/C19H23ClN4O3S/c20-17-8-7-16(28(26,27)24-10-4-1-5-11-24)12-18(17)23-19(25)14-21-13-15-6-2-3-9-22-15/h2-3,6-9,12,21H,1,4-5,10-11,13-14H2,(H,23,25)/p+1. The van der Waals surface area contributed by atoms with Crippen LogP contribution in [0.1, 0.15) is 25.0 Å². The average Bonchev–Trinajstić information content (AvgIpc) is 2.71. The van der Waals surface area contributed by atoms with Crippen molar-refractivity contribution >= 4 is 33.2 Å². The van der Waals surface area contributed by atoms with Crippen LogP contribution in [0.3, 0.4) is 0 Å². The lowest BCUT2D eigenvalue weighted by Crippen LogP contribution is -2.84.